The minimum absolute atomic E-state index is 0.119. The molecule has 3 rings (SSSR count). The molecule has 0 N–H and O–H groups in total. The minimum atomic E-state index is -2.28. The first-order chi connectivity index (χ1) is 21.1. The molecule has 10 nitrogen and oxygen atoms in total. The van der Waals surface area contributed by atoms with Gasteiger partial charge in [0.15, 0.2) is 19.1 Å². The molecule has 0 unspecified atom stereocenters. The molecule has 1 saturated heterocycles. The maximum atomic E-state index is 13.9. The lowest BCUT2D eigenvalue weighted by molar-refractivity contribution is -0.384. The zero-order chi connectivity index (χ0) is 34.8. The van der Waals surface area contributed by atoms with Crippen molar-refractivity contribution in [2.24, 2.45) is 11.3 Å². The third kappa shape index (κ3) is 8.91. The lowest BCUT2D eigenvalue weighted by Crippen LogP contribution is -2.64. The van der Waals surface area contributed by atoms with Crippen LogP contribution in [0.25, 0.3) is 0 Å². The van der Waals surface area contributed by atoms with Crippen molar-refractivity contribution in [3.05, 3.63) is 80.0 Å². The average molecular weight is 712 g/mol. The Labute approximate surface area is 285 Å². The molecule has 1 amide bonds. The van der Waals surface area contributed by atoms with Gasteiger partial charge in [0.25, 0.3) is 5.69 Å². The Morgan fingerprint density at radius 2 is 1.61 bits per heavy atom. The summed E-state index contributed by atoms with van der Waals surface area (Å²) in [7, 11) is -2.28. The Hall–Kier alpha value is -2.90. The number of alkyl halides is 1. The molecule has 0 aliphatic carbocycles. The van der Waals surface area contributed by atoms with E-state index in [4.69, 9.17) is 37.1 Å². The molecule has 0 radical (unpaired) electrons. The molecule has 0 aromatic heterocycles. The van der Waals surface area contributed by atoms with E-state index in [9.17, 15) is 24.5 Å². The summed E-state index contributed by atoms with van der Waals surface area (Å²) < 4.78 is 18.2. The first-order valence-electron chi connectivity index (χ1n) is 14.6. The summed E-state index contributed by atoms with van der Waals surface area (Å²) in [5.74, 6) is -2.01. The van der Waals surface area contributed by atoms with Crippen LogP contribution in [0.2, 0.25) is 23.2 Å². The number of nitro groups is 1. The second-order valence-corrected chi connectivity index (χ2v) is 20.1. The van der Waals surface area contributed by atoms with E-state index < -0.39 is 48.1 Å². The van der Waals surface area contributed by atoms with Crippen LogP contribution in [-0.2, 0) is 30.2 Å². The normalized spacial score (nSPS) is 18.3. The average Bonchev–Trinajstić information content (AvgIpc) is 2.94. The number of β-lactam (4-membered cyclic amide) rings is 1. The van der Waals surface area contributed by atoms with E-state index in [0.717, 1.165) is 4.90 Å². The van der Waals surface area contributed by atoms with Crippen LogP contribution < -0.4 is 4.74 Å². The number of thioether (sulfide) groups is 1. The summed E-state index contributed by atoms with van der Waals surface area (Å²) in [5, 5.41) is 10.8. The number of nitro benzene ring substituents is 1. The Morgan fingerprint density at radius 1 is 1.04 bits per heavy atom. The fourth-order valence-electron chi connectivity index (χ4n) is 4.03. The van der Waals surface area contributed by atoms with Crippen LogP contribution in [0.15, 0.2) is 59.3 Å². The molecule has 0 bridgehead atoms. The van der Waals surface area contributed by atoms with E-state index in [1.54, 1.807) is 52.0 Å². The predicted octanol–water partition coefficient (Wildman–Crippen LogP) is 8.28. The molecule has 1 heterocycles. The largest absolute Gasteiger partial charge is 0.456 e. The van der Waals surface area contributed by atoms with Gasteiger partial charge in [-0.05, 0) is 78.8 Å². The van der Waals surface area contributed by atoms with Crippen molar-refractivity contribution in [2.75, 3.05) is 0 Å². The lowest BCUT2D eigenvalue weighted by atomic mass is 9.92. The van der Waals surface area contributed by atoms with Gasteiger partial charge < -0.3 is 13.9 Å². The molecule has 0 saturated carbocycles. The van der Waals surface area contributed by atoms with Gasteiger partial charge >= 0.3 is 5.97 Å². The van der Waals surface area contributed by atoms with Gasteiger partial charge in [-0.2, -0.15) is 0 Å². The Kier molecular flexibility index (Phi) is 11.8. The first kappa shape index (κ1) is 37.6. The van der Waals surface area contributed by atoms with Crippen molar-refractivity contribution >= 4 is 66.0 Å². The molecule has 1 aliphatic heterocycles. The smallest absolute Gasteiger partial charge is 0.359 e. The fourth-order valence-corrected chi connectivity index (χ4v) is 6.98. The Balaban J connectivity index is 2.06. The van der Waals surface area contributed by atoms with Gasteiger partial charge in [-0.1, -0.05) is 64.7 Å². The standard InChI is InChI=1S/C32H40Cl2N2O8SSi/c1-19(44-46(8,9)32(5,6)7)24-26(34)35(27(24)37)25(28(38)42-18-20-10-14-22(15-11-20)36(40)41)29(45-30(39)31(2,3)4)43-23-16-12-21(33)13-17-23/h10-17,19,24,26H,18H2,1-9H3/b29-25-/t19-,24-,26+/m1/s1. The molecule has 46 heavy (non-hydrogen) atoms. The molecule has 14 heteroatoms. The van der Waals surface area contributed by atoms with Crippen LogP contribution in [0.1, 0.15) is 54.0 Å². The van der Waals surface area contributed by atoms with Gasteiger partial charge in [0.2, 0.25) is 11.0 Å². The maximum Gasteiger partial charge on any atom is 0.359 e. The van der Waals surface area contributed by atoms with E-state index in [1.807, 2.05) is 0 Å². The van der Waals surface area contributed by atoms with E-state index in [-0.39, 0.29) is 39.0 Å². The molecule has 1 fully saturated rings. The van der Waals surface area contributed by atoms with E-state index in [2.05, 4.69) is 33.9 Å². The summed E-state index contributed by atoms with van der Waals surface area (Å²) >= 11 is 13.6. The van der Waals surface area contributed by atoms with Crippen molar-refractivity contribution in [1.82, 2.24) is 4.90 Å². The number of carbonyl (C=O) groups excluding carboxylic acids is 3. The Morgan fingerprint density at radius 3 is 2.09 bits per heavy atom. The minimum Gasteiger partial charge on any atom is -0.456 e. The fraction of sp³-hybridized carbons (Fsp3) is 0.469. The SMILES string of the molecule is C[C@@H](O[Si](C)(C)C(C)(C)C)[C@H]1C(=O)N(/C(C(=O)OCc2ccc([N+](=O)[O-])cc2)=C(/Oc2ccc(Cl)cc2)SC(=O)C(C)(C)C)[C@@H]1Cl. The highest BCUT2D eigenvalue weighted by Gasteiger charge is 2.55. The summed E-state index contributed by atoms with van der Waals surface area (Å²) in [5.41, 5.74) is -1.88. The van der Waals surface area contributed by atoms with Crippen LogP contribution >= 0.6 is 35.0 Å². The predicted molar refractivity (Wildman–Crippen MR) is 182 cm³/mol. The number of rotatable bonds is 11. The van der Waals surface area contributed by atoms with Crippen LogP contribution in [-0.4, -0.2) is 46.7 Å². The highest BCUT2D eigenvalue weighted by Crippen LogP contribution is 2.44. The number of hydrogen-bond donors (Lipinski definition) is 0. The number of nitrogens with zero attached hydrogens (tertiary/aromatic N) is 2. The zero-order valence-corrected chi connectivity index (χ0v) is 30.7. The maximum absolute atomic E-state index is 13.9. The molecule has 2 aromatic rings. The number of benzene rings is 2. The second kappa shape index (κ2) is 14.5. The molecule has 0 spiro atoms. The molecular formula is C32H40Cl2N2O8SSi. The van der Waals surface area contributed by atoms with Crippen molar-refractivity contribution < 1.29 is 33.2 Å². The van der Waals surface area contributed by atoms with Gasteiger partial charge in [0.05, 0.1) is 16.9 Å². The van der Waals surface area contributed by atoms with E-state index >= 15 is 0 Å². The summed E-state index contributed by atoms with van der Waals surface area (Å²) in [4.78, 5) is 52.6. The van der Waals surface area contributed by atoms with Crippen LogP contribution in [0.5, 0.6) is 5.75 Å². The second-order valence-electron chi connectivity index (χ2n) is 13.5. The van der Waals surface area contributed by atoms with Gasteiger partial charge in [0.1, 0.15) is 17.9 Å². The summed E-state index contributed by atoms with van der Waals surface area (Å²) in [6.07, 6.45) is -0.561. The summed E-state index contributed by atoms with van der Waals surface area (Å²) in [6, 6.07) is 11.7. The van der Waals surface area contributed by atoms with Crippen molar-refractivity contribution in [2.45, 2.75) is 84.8 Å². The molecule has 2 aromatic carbocycles. The number of amides is 1. The number of halogens is 2. The number of carbonyl (C=O) groups is 3. The van der Waals surface area contributed by atoms with Crippen LogP contribution in [0.4, 0.5) is 5.69 Å². The Bertz CT molecular complexity index is 1500. The van der Waals surface area contributed by atoms with Crippen LogP contribution in [0.3, 0.4) is 0 Å². The number of non-ortho nitro benzene ring substituents is 1. The number of hydrogen-bond acceptors (Lipinski definition) is 9. The highest BCUT2D eigenvalue weighted by atomic mass is 35.5. The number of likely N-dealkylation sites (tertiary alicyclic amines) is 1. The summed E-state index contributed by atoms with van der Waals surface area (Å²) in [6.45, 7) is 17.0. The van der Waals surface area contributed by atoms with Gasteiger partial charge in [-0.3, -0.25) is 24.6 Å². The number of esters is 1. The molecule has 250 valence electrons. The molecule has 3 atom stereocenters. The highest BCUT2D eigenvalue weighted by molar-refractivity contribution is 8.16. The third-order valence-corrected chi connectivity index (χ3v) is 14.4. The van der Waals surface area contributed by atoms with Crippen molar-refractivity contribution in [1.29, 1.82) is 0 Å². The number of ether oxygens (including phenoxy) is 2. The molecular weight excluding hydrogens is 671 g/mol. The van der Waals surface area contributed by atoms with Crippen molar-refractivity contribution in [3.63, 3.8) is 0 Å². The topological polar surface area (TPSA) is 125 Å². The van der Waals surface area contributed by atoms with Gasteiger partial charge in [-0.15, -0.1) is 0 Å². The quantitative estimate of drug-likeness (QED) is 0.0261. The van der Waals surface area contributed by atoms with E-state index in [1.165, 1.54) is 24.3 Å². The van der Waals surface area contributed by atoms with Gasteiger partial charge in [-0.25, -0.2) is 4.79 Å². The van der Waals surface area contributed by atoms with Crippen molar-refractivity contribution in [3.8, 4) is 5.75 Å². The van der Waals surface area contributed by atoms with E-state index in [0.29, 0.717) is 22.3 Å². The monoisotopic (exact) mass is 710 g/mol. The lowest BCUT2D eigenvalue weighted by Gasteiger charge is -2.48. The first-order valence-corrected chi connectivity index (χ1v) is 19.1. The third-order valence-electron chi connectivity index (χ3n) is 7.82. The molecule has 1 aliphatic rings. The van der Waals surface area contributed by atoms with Crippen LogP contribution in [0, 0.1) is 21.4 Å². The van der Waals surface area contributed by atoms with Gasteiger partial charge in [0, 0.05) is 22.6 Å². The zero-order valence-electron chi connectivity index (χ0n) is 27.4.